The van der Waals surface area contributed by atoms with Crippen LogP contribution in [0, 0.1) is 0 Å². The Kier molecular flexibility index (Phi) is 4.49. The molecule has 3 aromatic rings. The molecule has 1 aliphatic heterocycles. The van der Waals surface area contributed by atoms with Crippen LogP contribution in [0.15, 0.2) is 42.5 Å². The number of esters is 1. The van der Waals surface area contributed by atoms with Crippen molar-refractivity contribution in [1.29, 1.82) is 0 Å². The lowest BCUT2D eigenvalue weighted by atomic mass is 9.90. The van der Waals surface area contributed by atoms with Crippen molar-refractivity contribution in [3.8, 4) is 11.5 Å². The first-order valence-electron chi connectivity index (χ1n) is 9.00. The third-order valence-corrected chi connectivity index (χ3v) is 4.98. The molecule has 0 fully saturated rings. The van der Waals surface area contributed by atoms with E-state index >= 15 is 0 Å². The number of H-pyrrole nitrogens is 1. The number of aromatic hydroxyl groups is 1. The van der Waals surface area contributed by atoms with E-state index in [1.54, 1.807) is 18.2 Å². The number of ether oxygens (including phenoxy) is 2. The summed E-state index contributed by atoms with van der Waals surface area (Å²) in [6.45, 7) is 2.54. The molecule has 0 saturated carbocycles. The molecule has 2 aromatic carbocycles. The monoisotopic (exact) mass is 366 g/mol. The highest BCUT2D eigenvalue weighted by Gasteiger charge is 2.34. The zero-order valence-electron chi connectivity index (χ0n) is 15.3. The highest BCUT2D eigenvalue weighted by Crippen LogP contribution is 2.37. The van der Waals surface area contributed by atoms with Crippen LogP contribution < -0.4 is 10.1 Å². The van der Waals surface area contributed by atoms with E-state index in [2.05, 4.69) is 10.3 Å². The number of benzene rings is 2. The van der Waals surface area contributed by atoms with Gasteiger partial charge in [0.2, 0.25) is 0 Å². The van der Waals surface area contributed by atoms with Gasteiger partial charge in [0.1, 0.15) is 17.5 Å². The minimum atomic E-state index is -0.468. The lowest BCUT2D eigenvalue weighted by Gasteiger charge is -2.30. The molecule has 0 radical (unpaired) electrons. The summed E-state index contributed by atoms with van der Waals surface area (Å²) in [5.74, 6) is 0.681. The van der Waals surface area contributed by atoms with Crippen molar-refractivity contribution >= 4 is 16.9 Å². The van der Waals surface area contributed by atoms with E-state index in [0.717, 1.165) is 33.5 Å². The number of nitrogens with one attached hydrogen (secondary N) is 2. The van der Waals surface area contributed by atoms with Crippen molar-refractivity contribution in [3.05, 3.63) is 59.3 Å². The highest BCUT2D eigenvalue weighted by atomic mass is 16.5. The van der Waals surface area contributed by atoms with Gasteiger partial charge in [0.15, 0.2) is 0 Å². The molecule has 0 spiro atoms. The Balaban J connectivity index is 1.86. The first-order chi connectivity index (χ1) is 13.1. The summed E-state index contributed by atoms with van der Waals surface area (Å²) in [5, 5.41) is 14.3. The summed E-state index contributed by atoms with van der Waals surface area (Å²) in [5.41, 5.74) is 3.92. The molecule has 2 atom stereocenters. The van der Waals surface area contributed by atoms with E-state index in [1.165, 1.54) is 7.11 Å². The summed E-state index contributed by atoms with van der Waals surface area (Å²) < 4.78 is 10.6. The summed E-state index contributed by atoms with van der Waals surface area (Å²) in [6.07, 6.45) is 0.521. The summed E-state index contributed by atoms with van der Waals surface area (Å²) in [6, 6.07) is 12.3. The number of hydrogen-bond acceptors (Lipinski definition) is 5. The van der Waals surface area contributed by atoms with Crippen LogP contribution in [0.4, 0.5) is 0 Å². The van der Waals surface area contributed by atoms with Crippen molar-refractivity contribution in [1.82, 2.24) is 10.3 Å². The van der Waals surface area contributed by atoms with Gasteiger partial charge in [0, 0.05) is 23.0 Å². The molecule has 140 valence electrons. The van der Waals surface area contributed by atoms with Crippen LogP contribution >= 0.6 is 0 Å². The Morgan fingerprint density at radius 2 is 2.11 bits per heavy atom. The normalized spacial score (nSPS) is 18.9. The molecule has 6 nitrogen and oxygen atoms in total. The van der Waals surface area contributed by atoms with Gasteiger partial charge < -0.3 is 19.6 Å². The number of carbonyl (C=O) groups excluding carboxylic acids is 1. The standard InChI is InChI=1S/C21H22N2O4/c1-3-27-14-7-8-17-15(10-14)16-11-18(21(25)26-2)23-19(20(16)22-17)12-5-4-6-13(24)9-12/h4-10,18-19,22-24H,3,11H2,1-2H3. The maximum atomic E-state index is 12.3. The summed E-state index contributed by atoms with van der Waals surface area (Å²) in [4.78, 5) is 15.8. The second-order valence-electron chi connectivity index (χ2n) is 6.63. The van der Waals surface area contributed by atoms with Gasteiger partial charge in [-0.15, -0.1) is 0 Å². The van der Waals surface area contributed by atoms with Gasteiger partial charge in [-0.1, -0.05) is 12.1 Å². The number of hydrogen-bond donors (Lipinski definition) is 3. The summed E-state index contributed by atoms with van der Waals surface area (Å²) >= 11 is 0. The fourth-order valence-electron chi connectivity index (χ4n) is 3.78. The maximum absolute atomic E-state index is 12.3. The Morgan fingerprint density at radius 1 is 1.26 bits per heavy atom. The van der Waals surface area contributed by atoms with Crippen molar-refractivity contribution < 1.29 is 19.4 Å². The topological polar surface area (TPSA) is 83.6 Å². The van der Waals surface area contributed by atoms with Gasteiger partial charge in [-0.2, -0.15) is 0 Å². The number of methoxy groups -OCH3 is 1. The second-order valence-corrected chi connectivity index (χ2v) is 6.63. The molecule has 0 amide bonds. The molecule has 3 N–H and O–H groups in total. The number of rotatable bonds is 4. The van der Waals surface area contributed by atoms with Gasteiger partial charge in [0.25, 0.3) is 0 Å². The third kappa shape index (κ3) is 3.13. The molecule has 4 rings (SSSR count). The van der Waals surface area contributed by atoms with Crippen molar-refractivity contribution in [3.63, 3.8) is 0 Å². The van der Waals surface area contributed by atoms with Crippen LogP contribution in [0.3, 0.4) is 0 Å². The Labute approximate surface area is 157 Å². The quantitative estimate of drug-likeness (QED) is 0.618. The number of carbonyl (C=O) groups is 1. The Hall–Kier alpha value is -2.99. The van der Waals surface area contributed by atoms with E-state index in [-0.39, 0.29) is 17.8 Å². The van der Waals surface area contributed by atoms with Crippen LogP contribution in [-0.4, -0.2) is 35.8 Å². The van der Waals surface area contributed by atoms with Crippen molar-refractivity contribution in [2.24, 2.45) is 0 Å². The van der Waals surface area contributed by atoms with Gasteiger partial charge in [-0.3, -0.25) is 10.1 Å². The maximum Gasteiger partial charge on any atom is 0.323 e. The third-order valence-electron chi connectivity index (χ3n) is 4.98. The van der Waals surface area contributed by atoms with Gasteiger partial charge >= 0.3 is 5.97 Å². The molecule has 2 heterocycles. The fraction of sp³-hybridized carbons (Fsp3) is 0.286. The lowest BCUT2D eigenvalue weighted by molar-refractivity contribution is -0.143. The van der Waals surface area contributed by atoms with Crippen LogP contribution in [0.1, 0.15) is 29.8 Å². The molecular formula is C21H22N2O4. The molecule has 2 unspecified atom stereocenters. The number of aromatic nitrogens is 1. The predicted octanol–water partition coefficient (Wildman–Crippen LogP) is 3.05. The molecular weight excluding hydrogens is 344 g/mol. The van der Waals surface area contributed by atoms with Gasteiger partial charge in [-0.25, -0.2) is 0 Å². The largest absolute Gasteiger partial charge is 0.508 e. The molecule has 0 bridgehead atoms. The van der Waals surface area contributed by atoms with E-state index in [9.17, 15) is 9.90 Å². The lowest BCUT2D eigenvalue weighted by Crippen LogP contribution is -2.45. The highest BCUT2D eigenvalue weighted by molar-refractivity contribution is 5.88. The zero-order chi connectivity index (χ0) is 19.0. The molecule has 0 saturated heterocycles. The van der Waals surface area contributed by atoms with E-state index in [0.29, 0.717) is 13.0 Å². The average molecular weight is 366 g/mol. The van der Waals surface area contributed by atoms with E-state index in [1.807, 2.05) is 31.2 Å². The first-order valence-corrected chi connectivity index (χ1v) is 9.00. The van der Waals surface area contributed by atoms with Gasteiger partial charge in [-0.05, 0) is 48.4 Å². The van der Waals surface area contributed by atoms with Crippen LogP contribution in [0.25, 0.3) is 10.9 Å². The minimum Gasteiger partial charge on any atom is -0.508 e. The zero-order valence-corrected chi connectivity index (χ0v) is 15.3. The fourth-order valence-corrected chi connectivity index (χ4v) is 3.78. The van der Waals surface area contributed by atoms with Gasteiger partial charge in [0.05, 0.1) is 19.8 Å². The predicted molar refractivity (Wildman–Crippen MR) is 102 cm³/mol. The number of phenolic OH excluding ortho intramolecular Hbond substituents is 1. The van der Waals surface area contributed by atoms with Crippen molar-refractivity contribution in [2.45, 2.75) is 25.4 Å². The number of phenols is 1. The Morgan fingerprint density at radius 3 is 2.85 bits per heavy atom. The number of fused-ring (bicyclic) bond motifs is 3. The van der Waals surface area contributed by atoms with E-state index in [4.69, 9.17) is 9.47 Å². The minimum absolute atomic E-state index is 0.186. The van der Waals surface area contributed by atoms with Crippen LogP contribution in [0.2, 0.25) is 0 Å². The van der Waals surface area contributed by atoms with Crippen LogP contribution in [0.5, 0.6) is 11.5 Å². The molecule has 6 heteroatoms. The number of aromatic amines is 1. The molecule has 0 aliphatic carbocycles. The molecule has 1 aromatic heterocycles. The van der Waals surface area contributed by atoms with Crippen LogP contribution in [-0.2, 0) is 16.0 Å². The molecule has 27 heavy (non-hydrogen) atoms. The summed E-state index contributed by atoms with van der Waals surface area (Å²) in [7, 11) is 1.39. The van der Waals surface area contributed by atoms with Crippen molar-refractivity contribution in [2.75, 3.05) is 13.7 Å². The smallest absolute Gasteiger partial charge is 0.323 e. The Bertz CT molecular complexity index is 995. The second kappa shape index (κ2) is 6.96. The SMILES string of the molecule is CCOc1ccc2[nH]c3c(c2c1)CC(C(=O)OC)NC3c1cccc(O)c1. The first kappa shape index (κ1) is 17.4. The molecule has 1 aliphatic rings. The van der Waals surface area contributed by atoms with E-state index < -0.39 is 6.04 Å². The average Bonchev–Trinajstić information content (AvgIpc) is 3.05.